The van der Waals surface area contributed by atoms with Gasteiger partial charge in [0, 0.05) is 0 Å². The lowest BCUT2D eigenvalue weighted by atomic mass is 9.99. The second-order valence-corrected chi connectivity index (χ2v) is 6.25. The van der Waals surface area contributed by atoms with Gasteiger partial charge >= 0.3 is 13.7 Å². The van der Waals surface area contributed by atoms with Crippen LogP contribution in [0.5, 0.6) is 0 Å². The molecule has 0 unspecified atom stereocenters. The number of carbonyl (C=O) groups is 1. The van der Waals surface area contributed by atoms with Crippen LogP contribution < -0.4 is 11.5 Å². The number of aliphatic carboxylic acids is 1. The van der Waals surface area contributed by atoms with Gasteiger partial charge in [0.1, 0.15) is 6.04 Å². The zero-order chi connectivity index (χ0) is 18.8. The van der Waals surface area contributed by atoms with Crippen molar-refractivity contribution >= 4 is 36.8 Å². The first-order valence-electron chi connectivity index (χ1n) is 8.28. The molecule has 0 aromatic heterocycles. The summed E-state index contributed by atoms with van der Waals surface area (Å²) < 4.78 is 4.69. The molecular weight excluding hydrogens is 354 g/mol. The third-order valence-electron chi connectivity index (χ3n) is 3.63. The number of carboxylic acids is 1. The zero-order valence-electron chi connectivity index (χ0n) is 15.2. The third kappa shape index (κ3) is 8.64. The number of hydrogen-bond acceptors (Lipinski definition) is 5. The molecule has 2 aromatic carbocycles. The Balaban J connectivity index is 0.000000543. The second-order valence-electron chi connectivity index (χ2n) is 6.25. The summed E-state index contributed by atoms with van der Waals surface area (Å²) in [6.07, 6.45) is 0.840. The lowest BCUT2D eigenvalue weighted by Gasteiger charge is -2.12. The van der Waals surface area contributed by atoms with Gasteiger partial charge in [-0.05, 0) is 35.1 Å². The summed E-state index contributed by atoms with van der Waals surface area (Å²) in [6, 6.07) is 12.9. The van der Waals surface area contributed by atoms with Gasteiger partial charge in [0.25, 0.3) is 0 Å². The Labute approximate surface area is 161 Å². The highest BCUT2D eigenvalue weighted by Crippen LogP contribution is 2.19. The minimum absolute atomic E-state index is 0. The Morgan fingerprint density at radius 1 is 1.15 bits per heavy atom. The molecule has 0 bridgehead atoms. The van der Waals surface area contributed by atoms with Crippen LogP contribution in [0.15, 0.2) is 42.5 Å². The number of fused-ring (bicyclic) bond motifs is 1. The van der Waals surface area contributed by atoms with Crippen LogP contribution >= 0.6 is 12.4 Å². The van der Waals surface area contributed by atoms with Crippen molar-refractivity contribution in [1.82, 2.24) is 0 Å². The van der Waals surface area contributed by atoms with E-state index < -0.39 is 12.0 Å². The Morgan fingerprint density at radius 3 is 2.35 bits per heavy atom. The summed E-state index contributed by atoms with van der Waals surface area (Å²) in [4.78, 5) is 10.7. The van der Waals surface area contributed by atoms with Crippen LogP contribution in [0.3, 0.4) is 0 Å². The van der Waals surface area contributed by atoms with Crippen LogP contribution in [0, 0.1) is 5.92 Å². The molecule has 0 saturated carbocycles. The molecule has 0 aliphatic heterocycles. The Bertz CT molecular complexity index is 667. The average Bonchev–Trinajstić information content (AvgIpc) is 2.55. The van der Waals surface area contributed by atoms with Crippen molar-refractivity contribution in [3.05, 3.63) is 48.0 Å². The van der Waals surface area contributed by atoms with Crippen molar-refractivity contribution in [1.29, 1.82) is 0 Å². The Kier molecular flexibility index (Phi) is 11.9. The number of halogens is 1. The van der Waals surface area contributed by atoms with Gasteiger partial charge in [-0.2, -0.15) is 0 Å². The van der Waals surface area contributed by atoms with E-state index in [1.165, 1.54) is 0 Å². The zero-order valence-corrected chi connectivity index (χ0v) is 16.0. The normalized spacial score (nSPS) is 12.5. The van der Waals surface area contributed by atoms with E-state index in [4.69, 9.17) is 21.6 Å². The van der Waals surface area contributed by atoms with E-state index in [0.717, 1.165) is 22.8 Å². The maximum Gasteiger partial charge on any atom is 0.436 e. The molecule has 0 aliphatic rings. The summed E-state index contributed by atoms with van der Waals surface area (Å²) >= 11 is 0. The van der Waals surface area contributed by atoms with Gasteiger partial charge in [0.15, 0.2) is 0 Å². The molecule has 2 aromatic rings. The number of rotatable bonds is 7. The fourth-order valence-corrected chi connectivity index (χ4v) is 2.42. The van der Waals surface area contributed by atoms with Crippen molar-refractivity contribution in [2.45, 2.75) is 39.0 Å². The topological polar surface area (TPSA) is 119 Å². The maximum atomic E-state index is 10.7. The van der Waals surface area contributed by atoms with Gasteiger partial charge in [-0.25, -0.2) is 0 Å². The Morgan fingerprint density at radius 2 is 1.77 bits per heavy atom. The molecule has 8 heteroatoms. The minimum atomic E-state index is -0.965. The molecular formula is C18H28BClN2O4. The monoisotopic (exact) mass is 382 g/mol. The predicted octanol–water partition coefficient (Wildman–Crippen LogP) is 1.81. The molecule has 0 aliphatic carbocycles. The van der Waals surface area contributed by atoms with Crippen LogP contribution in [0.2, 0.25) is 0 Å². The molecule has 6 N–H and O–H groups in total. The highest BCUT2D eigenvalue weighted by molar-refractivity contribution is 6.15. The number of benzene rings is 2. The van der Waals surface area contributed by atoms with E-state index in [9.17, 15) is 4.79 Å². The van der Waals surface area contributed by atoms with E-state index in [0.29, 0.717) is 12.3 Å². The van der Waals surface area contributed by atoms with Crippen molar-refractivity contribution in [3.8, 4) is 0 Å². The standard InChI is InChI=1S/C13H13NO2.C5H14BNO2.ClH/c14-12(13(15)16)8-10-6-3-5-9-4-1-2-7-11(9)10;1-4(2)3-5(7)9-6-8;/h1-7,12H,8,14H2,(H,15,16);4-6,8H,3,7H2,1-2H3;1H/t12-;5-;/m01./s1. The number of carboxylic acid groups (broad SMARTS) is 1. The fraction of sp³-hybridized carbons (Fsp3) is 0.389. The maximum absolute atomic E-state index is 10.7. The van der Waals surface area contributed by atoms with E-state index >= 15 is 0 Å². The van der Waals surface area contributed by atoms with Gasteiger partial charge < -0.3 is 26.3 Å². The minimum Gasteiger partial charge on any atom is -0.480 e. The fourth-order valence-electron chi connectivity index (χ4n) is 2.42. The van der Waals surface area contributed by atoms with Crippen LogP contribution in [-0.4, -0.2) is 36.1 Å². The van der Waals surface area contributed by atoms with Gasteiger partial charge in [0.05, 0.1) is 6.23 Å². The lowest BCUT2D eigenvalue weighted by Crippen LogP contribution is -2.32. The average molecular weight is 383 g/mol. The largest absolute Gasteiger partial charge is 0.480 e. The van der Waals surface area contributed by atoms with Gasteiger partial charge in [0.2, 0.25) is 0 Å². The molecule has 0 saturated heterocycles. The summed E-state index contributed by atoms with van der Waals surface area (Å²) in [5.41, 5.74) is 11.9. The molecule has 0 spiro atoms. The van der Waals surface area contributed by atoms with E-state index in [1.54, 1.807) is 0 Å². The van der Waals surface area contributed by atoms with Gasteiger partial charge in [-0.3, -0.25) is 4.79 Å². The molecule has 0 fully saturated rings. The van der Waals surface area contributed by atoms with E-state index in [2.05, 4.69) is 18.5 Å². The smallest absolute Gasteiger partial charge is 0.436 e. The van der Waals surface area contributed by atoms with E-state index in [1.807, 2.05) is 42.5 Å². The number of hydrogen-bond donors (Lipinski definition) is 4. The molecule has 0 radical (unpaired) electrons. The van der Waals surface area contributed by atoms with Crippen molar-refractivity contribution in [3.63, 3.8) is 0 Å². The summed E-state index contributed by atoms with van der Waals surface area (Å²) in [7, 11) is -0.284. The van der Waals surface area contributed by atoms with Crippen LogP contribution in [0.1, 0.15) is 25.8 Å². The van der Waals surface area contributed by atoms with Gasteiger partial charge in [-0.15, -0.1) is 12.4 Å². The molecule has 0 amide bonds. The highest BCUT2D eigenvalue weighted by atomic mass is 35.5. The molecule has 0 heterocycles. The second kappa shape index (κ2) is 12.7. The van der Waals surface area contributed by atoms with Crippen molar-refractivity contribution < 1.29 is 19.6 Å². The highest BCUT2D eigenvalue weighted by Gasteiger charge is 2.13. The molecule has 26 heavy (non-hydrogen) atoms. The van der Waals surface area contributed by atoms with Crippen LogP contribution in [0.4, 0.5) is 0 Å². The molecule has 2 atom stereocenters. The first kappa shape index (κ1) is 24.4. The van der Waals surface area contributed by atoms with Crippen LogP contribution in [-0.2, 0) is 15.9 Å². The first-order chi connectivity index (χ1) is 11.8. The molecule has 2 rings (SSSR count). The van der Waals surface area contributed by atoms with E-state index in [-0.39, 0.29) is 26.3 Å². The van der Waals surface area contributed by atoms with Crippen molar-refractivity contribution in [2.75, 3.05) is 0 Å². The summed E-state index contributed by atoms with van der Waals surface area (Å²) in [6.45, 7) is 4.11. The SMILES string of the molecule is CC(C)C[C@H](N)OBO.Cl.N[C@@H](Cc1cccc2ccccc12)C(=O)O. The Hall–Kier alpha value is -1.64. The van der Waals surface area contributed by atoms with Gasteiger partial charge in [-0.1, -0.05) is 56.3 Å². The predicted molar refractivity (Wildman–Crippen MR) is 108 cm³/mol. The number of nitrogens with two attached hydrogens (primary N) is 2. The molecule has 6 nitrogen and oxygen atoms in total. The summed E-state index contributed by atoms with van der Waals surface area (Å²) in [5.74, 6) is -0.445. The third-order valence-corrected chi connectivity index (χ3v) is 3.63. The van der Waals surface area contributed by atoms with Crippen molar-refractivity contribution in [2.24, 2.45) is 17.4 Å². The summed E-state index contributed by atoms with van der Waals surface area (Å²) in [5, 5.41) is 19.2. The van der Waals surface area contributed by atoms with Crippen LogP contribution in [0.25, 0.3) is 10.8 Å². The first-order valence-corrected chi connectivity index (χ1v) is 8.28. The lowest BCUT2D eigenvalue weighted by molar-refractivity contribution is -0.138. The quantitative estimate of drug-likeness (QED) is 0.428. The molecule has 144 valence electrons.